The van der Waals surface area contributed by atoms with Crippen molar-refractivity contribution in [1.29, 1.82) is 0 Å². The lowest BCUT2D eigenvalue weighted by atomic mass is 10.0. The molecule has 0 aliphatic heterocycles. The maximum Gasteiger partial charge on any atom is 0.0737 e. The number of benzene rings is 2. The highest BCUT2D eigenvalue weighted by Crippen LogP contribution is 2.25. The summed E-state index contributed by atoms with van der Waals surface area (Å²) in [6.45, 7) is 6.24. The lowest BCUT2D eigenvalue weighted by Crippen LogP contribution is -2.34. The molecule has 2 unspecified atom stereocenters. The molecule has 0 spiro atoms. The highest BCUT2D eigenvalue weighted by Gasteiger charge is 2.14. The van der Waals surface area contributed by atoms with Crippen LogP contribution in [0.1, 0.15) is 30.5 Å². The van der Waals surface area contributed by atoms with Gasteiger partial charge in [-0.05, 0) is 70.7 Å². The van der Waals surface area contributed by atoms with Crippen LogP contribution in [0.15, 0.2) is 54.7 Å². The highest BCUT2D eigenvalue weighted by molar-refractivity contribution is 6.31. The number of hydrogen-bond donors (Lipinski definition) is 2. The van der Waals surface area contributed by atoms with Crippen LogP contribution in [-0.4, -0.2) is 43.1 Å². The van der Waals surface area contributed by atoms with E-state index in [1.54, 1.807) is 0 Å². The smallest absolute Gasteiger partial charge is 0.0737 e. The van der Waals surface area contributed by atoms with Crippen LogP contribution in [0.25, 0.3) is 10.9 Å². The Bertz CT molecular complexity index is 924. The van der Waals surface area contributed by atoms with E-state index in [4.69, 9.17) is 11.6 Å². The second-order valence-corrected chi connectivity index (χ2v) is 8.47. The van der Waals surface area contributed by atoms with Crippen LogP contribution in [0.3, 0.4) is 0 Å². The fourth-order valence-electron chi connectivity index (χ4n) is 3.46. The minimum absolute atomic E-state index is 0.267. The topological polar surface area (TPSA) is 40.2 Å². The van der Waals surface area contributed by atoms with Crippen molar-refractivity contribution >= 4 is 28.2 Å². The molecule has 154 valence electrons. The van der Waals surface area contributed by atoms with Gasteiger partial charge in [0.2, 0.25) is 0 Å². The summed E-state index contributed by atoms with van der Waals surface area (Å²) in [5.41, 5.74) is 4.63. The summed E-state index contributed by atoms with van der Waals surface area (Å²) in [5, 5.41) is 9.19. The summed E-state index contributed by atoms with van der Waals surface area (Å²) in [6.07, 6.45) is 2.90. The van der Waals surface area contributed by atoms with E-state index in [2.05, 4.69) is 72.7 Å². The maximum absolute atomic E-state index is 6.11. The highest BCUT2D eigenvalue weighted by atomic mass is 35.5. The molecule has 1 aromatic heterocycles. The van der Waals surface area contributed by atoms with Crippen LogP contribution in [0.5, 0.6) is 0 Å². The number of aromatic nitrogens is 1. The number of pyridine rings is 1. The minimum atomic E-state index is 0.267. The first-order valence-electron chi connectivity index (χ1n) is 10.2. The van der Waals surface area contributed by atoms with Crippen LogP contribution in [0.2, 0.25) is 5.02 Å². The zero-order valence-corrected chi connectivity index (χ0v) is 18.5. The quantitative estimate of drug-likeness (QED) is 0.503. The number of aryl methyl sites for hydroxylation is 1. The van der Waals surface area contributed by atoms with Gasteiger partial charge in [0.05, 0.1) is 5.52 Å². The molecule has 2 N–H and O–H groups in total. The van der Waals surface area contributed by atoms with Gasteiger partial charge in [0, 0.05) is 40.9 Å². The Balaban J connectivity index is 1.66. The van der Waals surface area contributed by atoms with Crippen LogP contribution in [0.4, 0.5) is 5.69 Å². The number of halogens is 1. The van der Waals surface area contributed by atoms with Crippen LogP contribution in [0, 0.1) is 6.92 Å². The van der Waals surface area contributed by atoms with Gasteiger partial charge >= 0.3 is 0 Å². The summed E-state index contributed by atoms with van der Waals surface area (Å²) in [5.74, 6) is 0. The Morgan fingerprint density at radius 1 is 1.07 bits per heavy atom. The van der Waals surface area contributed by atoms with Gasteiger partial charge in [-0.15, -0.1) is 0 Å². The van der Waals surface area contributed by atoms with E-state index in [0.717, 1.165) is 36.1 Å². The Morgan fingerprint density at radius 3 is 2.55 bits per heavy atom. The van der Waals surface area contributed by atoms with Crippen molar-refractivity contribution in [3.63, 3.8) is 0 Å². The molecule has 2 aromatic carbocycles. The molecule has 2 atom stereocenters. The van der Waals surface area contributed by atoms with Crippen molar-refractivity contribution in [2.45, 2.75) is 32.4 Å². The third-order valence-electron chi connectivity index (χ3n) is 5.12. The second kappa shape index (κ2) is 10.1. The number of fused-ring (bicyclic) bond motifs is 1. The number of rotatable bonds is 9. The molecule has 0 fully saturated rings. The molecule has 5 heteroatoms. The SMILES string of the molecule is Cc1ccc(C(CCN(C)C)NCC(C)Nc2ccnc3cc(Cl)ccc23)cc1. The van der Waals surface area contributed by atoms with Crippen LogP contribution >= 0.6 is 11.6 Å². The van der Waals surface area contributed by atoms with Gasteiger partial charge in [0.1, 0.15) is 0 Å². The van der Waals surface area contributed by atoms with Crippen molar-refractivity contribution in [3.05, 3.63) is 70.9 Å². The molecule has 0 bridgehead atoms. The molecule has 29 heavy (non-hydrogen) atoms. The van der Waals surface area contributed by atoms with E-state index in [0.29, 0.717) is 11.1 Å². The van der Waals surface area contributed by atoms with Gasteiger partial charge in [0.25, 0.3) is 0 Å². The van der Waals surface area contributed by atoms with Gasteiger partial charge in [-0.2, -0.15) is 0 Å². The standard InChI is InChI=1S/C24H31ClN4/c1-17-5-7-19(8-6-17)22(12-14-29(3)4)27-16-18(2)28-23-11-13-26-24-15-20(25)9-10-21(23)24/h5-11,13,15,18,22,27H,12,14,16H2,1-4H3,(H,26,28). The van der Waals surface area contributed by atoms with Crippen molar-refractivity contribution < 1.29 is 0 Å². The lowest BCUT2D eigenvalue weighted by Gasteiger charge is -2.24. The zero-order valence-electron chi connectivity index (χ0n) is 17.7. The Kier molecular flexibility index (Phi) is 7.48. The number of hydrogen-bond acceptors (Lipinski definition) is 4. The molecule has 3 aromatic rings. The van der Waals surface area contributed by atoms with E-state index in [1.807, 2.05) is 30.5 Å². The maximum atomic E-state index is 6.11. The Hall–Kier alpha value is -2.14. The van der Waals surface area contributed by atoms with Gasteiger partial charge in [-0.3, -0.25) is 4.98 Å². The third-order valence-corrected chi connectivity index (χ3v) is 5.36. The van der Waals surface area contributed by atoms with Gasteiger partial charge in [-0.1, -0.05) is 41.4 Å². The predicted octanol–water partition coefficient (Wildman–Crippen LogP) is 5.28. The average Bonchev–Trinajstić information content (AvgIpc) is 2.68. The molecule has 0 radical (unpaired) electrons. The molecular formula is C24H31ClN4. The largest absolute Gasteiger partial charge is 0.381 e. The summed E-state index contributed by atoms with van der Waals surface area (Å²) in [7, 11) is 4.24. The van der Waals surface area contributed by atoms with E-state index in [9.17, 15) is 0 Å². The van der Waals surface area contributed by atoms with Crippen molar-refractivity contribution in [2.75, 3.05) is 32.5 Å². The van der Waals surface area contributed by atoms with Crippen molar-refractivity contribution in [2.24, 2.45) is 0 Å². The molecule has 0 saturated heterocycles. The first-order valence-corrected chi connectivity index (χ1v) is 10.6. The zero-order chi connectivity index (χ0) is 20.8. The summed E-state index contributed by atoms with van der Waals surface area (Å²) >= 11 is 6.11. The normalized spacial score (nSPS) is 13.6. The summed E-state index contributed by atoms with van der Waals surface area (Å²) < 4.78 is 0. The monoisotopic (exact) mass is 410 g/mol. The molecule has 1 heterocycles. The molecule has 0 aliphatic rings. The molecule has 3 rings (SSSR count). The third kappa shape index (κ3) is 6.17. The lowest BCUT2D eigenvalue weighted by molar-refractivity contribution is 0.359. The fraction of sp³-hybridized carbons (Fsp3) is 0.375. The van der Waals surface area contributed by atoms with Gasteiger partial charge < -0.3 is 15.5 Å². The Morgan fingerprint density at radius 2 is 1.83 bits per heavy atom. The van der Waals surface area contributed by atoms with E-state index >= 15 is 0 Å². The number of nitrogens with zero attached hydrogens (tertiary/aromatic N) is 2. The van der Waals surface area contributed by atoms with E-state index in [1.165, 1.54) is 11.1 Å². The Labute approximate surface area is 179 Å². The first-order chi connectivity index (χ1) is 13.9. The first kappa shape index (κ1) is 21.6. The number of anilines is 1. The number of nitrogens with one attached hydrogen (secondary N) is 2. The van der Waals surface area contributed by atoms with Gasteiger partial charge in [0.15, 0.2) is 0 Å². The van der Waals surface area contributed by atoms with Crippen molar-refractivity contribution in [1.82, 2.24) is 15.2 Å². The second-order valence-electron chi connectivity index (χ2n) is 8.03. The molecule has 0 amide bonds. The van der Waals surface area contributed by atoms with E-state index in [-0.39, 0.29) is 6.04 Å². The molecule has 0 saturated carbocycles. The van der Waals surface area contributed by atoms with Crippen molar-refractivity contribution in [3.8, 4) is 0 Å². The summed E-state index contributed by atoms with van der Waals surface area (Å²) in [6, 6.07) is 17.3. The van der Waals surface area contributed by atoms with Crippen LogP contribution < -0.4 is 10.6 Å². The fourth-order valence-corrected chi connectivity index (χ4v) is 3.62. The predicted molar refractivity (Wildman–Crippen MR) is 125 cm³/mol. The molecule has 4 nitrogen and oxygen atoms in total. The summed E-state index contributed by atoms with van der Waals surface area (Å²) in [4.78, 5) is 6.66. The minimum Gasteiger partial charge on any atom is -0.381 e. The molecule has 0 aliphatic carbocycles. The average molecular weight is 411 g/mol. The van der Waals surface area contributed by atoms with Gasteiger partial charge in [-0.25, -0.2) is 0 Å². The molecular weight excluding hydrogens is 380 g/mol. The van der Waals surface area contributed by atoms with Crippen LogP contribution in [-0.2, 0) is 0 Å². The van der Waals surface area contributed by atoms with E-state index < -0.39 is 0 Å².